The van der Waals surface area contributed by atoms with Crippen LogP contribution >= 0.6 is 0 Å². The molecule has 0 aliphatic carbocycles. The molecule has 2 aromatic carbocycles. The summed E-state index contributed by atoms with van der Waals surface area (Å²) < 4.78 is 28.6. The van der Waals surface area contributed by atoms with E-state index in [0.717, 1.165) is 25.1 Å². The van der Waals surface area contributed by atoms with Crippen LogP contribution in [0.25, 0.3) is 5.69 Å². The number of carbonyl (C=O) groups is 1. The van der Waals surface area contributed by atoms with Gasteiger partial charge in [0.25, 0.3) is 5.91 Å². The van der Waals surface area contributed by atoms with Crippen LogP contribution in [0.1, 0.15) is 38.3 Å². The van der Waals surface area contributed by atoms with Crippen molar-refractivity contribution < 1.29 is 18.7 Å². The van der Waals surface area contributed by atoms with E-state index in [1.165, 1.54) is 35.3 Å². The Hall–Kier alpha value is -4.16. The number of hydrogen-bond donors (Lipinski definition) is 1. The molecule has 198 valence electrons. The van der Waals surface area contributed by atoms with Gasteiger partial charge in [-0.15, -0.1) is 5.10 Å². The number of fused-ring (bicyclic) bond motifs is 1. The predicted molar refractivity (Wildman–Crippen MR) is 135 cm³/mol. The van der Waals surface area contributed by atoms with Crippen LogP contribution in [0.15, 0.2) is 42.9 Å². The van der Waals surface area contributed by atoms with E-state index in [1.807, 2.05) is 0 Å². The summed E-state index contributed by atoms with van der Waals surface area (Å²) in [5, 5.41) is 18.5. The van der Waals surface area contributed by atoms with Crippen molar-refractivity contribution in [1.29, 1.82) is 0 Å². The summed E-state index contributed by atoms with van der Waals surface area (Å²) in [6, 6.07) is 9.60. The van der Waals surface area contributed by atoms with Gasteiger partial charge in [0.05, 0.1) is 31.5 Å². The topological polar surface area (TPSA) is 112 Å². The molecule has 38 heavy (non-hydrogen) atoms. The summed E-state index contributed by atoms with van der Waals surface area (Å²) in [6.07, 6.45) is 4.09. The number of rotatable bonds is 9. The van der Waals surface area contributed by atoms with E-state index in [-0.39, 0.29) is 24.5 Å². The maximum Gasteiger partial charge on any atom is 0.255 e. The van der Waals surface area contributed by atoms with Gasteiger partial charge in [0, 0.05) is 38.5 Å². The van der Waals surface area contributed by atoms with Crippen LogP contribution in [-0.4, -0.2) is 68.6 Å². The maximum atomic E-state index is 15.2. The molecule has 3 heterocycles. The molecule has 0 spiro atoms. The third-order valence-electron chi connectivity index (χ3n) is 6.61. The zero-order valence-corrected chi connectivity index (χ0v) is 21.5. The molecule has 12 heteroatoms. The number of hydrogen-bond acceptors (Lipinski definition) is 8. The van der Waals surface area contributed by atoms with Crippen LogP contribution in [0.2, 0.25) is 0 Å². The Balaban J connectivity index is 1.36. The van der Waals surface area contributed by atoms with E-state index in [0.29, 0.717) is 23.5 Å². The molecule has 0 radical (unpaired) electrons. The second-order valence-electron chi connectivity index (χ2n) is 9.23. The van der Waals surface area contributed by atoms with Gasteiger partial charge >= 0.3 is 0 Å². The first kappa shape index (κ1) is 25.5. The highest BCUT2D eigenvalue weighted by atomic mass is 19.1. The van der Waals surface area contributed by atoms with Crippen molar-refractivity contribution in [2.75, 3.05) is 27.8 Å². The molecule has 1 N–H and O–H groups in total. The van der Waals surface area contributed by atoms with Gasteiger partial charge in [-0.3, -0.25) is 9.48 Å². The van der Waals surface area contributed by atoms with E-state index >= 15 is 4.39 Å². The van der Waals surface area contributed by atoms with Gasteiger partial charge in [0.2, 0.25) is 0 Å². The fraction of sp³-hybridized carbons (Fsp3) is 0.346. The number of nitrogens with one attached hydrogen (secondary N) is 1. The van der Waals surface area contributed by atoms with Crippen molar-refractivity contribution in [1.82, 2.24) is 40.2 Å². The fourth-order valence-electron chi connectivity index (χ4n) is 4.68. The highest BCUT2D eigenvalue weighted by Crippen LogP contribution is 2.26. The quantitative estimate of drug-likeness (QED) is 0.357. The lowest BCUT2D eigenvalue weighted by molar-refractivity contribution is 0.0945. The van der Waals surface area contributed by atoms with Crippen LogP contribution in [0.3, 0.4) is 0 Å². The molecular weight excluding hydrogens is 491 g/mol. The van der Waals surface area contributed by atoms with Crippen molar-refractivity contribution in [3.8, 4) is 11.4 Å². The Kier molecular flexibility index (Phi) is 7.43. The van der Waals surface area contributed by atoms with Crippen LogP contribution < -0.4 is 10.1 Å². The zero-order valence-electron chi connectivity index (χ0n) is 21.5. The lowest BCUT2D eigenvalue weighted by Gasteiger charge is -2.25. The molecule has 4 aromatic rings. The minimum absolute atomic E-state index is 0.0511. The van der Waals surface area contributed by atoms with Crippen LogP contribution in [-0.2, 0) is 37.4 Å². The van der Waals surface area contributed by atoms with Crippen molar-refractivity contribution in [3.05, 3.63) is 82.2 Å². The molecule has 1 aliphatic heterocycles. The lowest BCUT2D eigenvalue weighted by atomic mass is 9.98. The largest absolute Gasteiger partial charge is 0.494 e. The first-order chi connectivity index (χ1) is 18.5. The Morgan fingerprint density at radius 3 is 2.82 bits per heavy atom. The molecule has 1 aliphatic rings. The fourth-order valence-corrected chi connectivity index (χ4v) is 4.68. The highest BCUT2D eigenvalue weighted by Gasteiger charge is 2.21. The van der Waals surface area contributed by atoms with Crippen LogP contribution in [0.4, 0.5) is 4.39 Å². The van der Waals surface area contributed by atoms with E-state index in [1.54, 1.807) is 24.1 Å². The molecule has 0 atom stereocenters. The molecular formula is C26H29FN8O3. The normalized spacial score (nSPS) is 13.4. The van der Waals surface area contributed by atoms with Gasteiger partial charge in [-0.1, -0.05) is 18.2 Å². The van der Waals surface area contributed by atoms with Gasteiger partial charge in [-0.2, -0.15) is 5.10 Å². The number of nitrogens with zero attached hydrogens (tertiary/aromatic N) is 7. The first-order valence-electron chi connectivity index (χ1n) is 12.2. The van der Waals surface area contributed by atoms with E-state index in [4.69, 9.17) is 9.47 Å². The smallest absolute Gasteiger partial charge is 0.255 e. The second-order valence-corrected chi connectivity index (χ2v) is 9.23. The number of halogens is 1. The number of ether oxygens (including phenoxy) is 2. The average Bonchev–Trinajstić information content (AvgIpc) is 3.58. The Bertz CT molecular complexity index is 1440. The number of carbonyl (C=O) groups excluding carboxylic acids is 1. The molecule has 0 saturated carbocycles. The van der Waals surface area contributed by atoms with Crippen LogP contribution in [0.5, 0.6) is 5.75 Å². The van der Waals surface area contributed by atoms with Gasteiger partial charge in [-0.05, 0) is 52.7 Å². The Morgan fingerprint density at radius 2 is 2.05 bits per heavy atom. The summed E-state index contributed by atoms with van der Waals surface area (Å²) in [4.78, 5) is 15.5. The van der Waals surface area contributed by atoms with Crippen molar-refractivity contribution >= 4 is 5.91 Å². The van der Waals surface area contributed by atoms with Gasteiger partial charge in [0.15, 0.2) is 11.6 Å². The third-order valence-corrected chi connectivity index (χ3v) is 6.61. The molecule has 0 unspecified atom stereocenters. The Labute approximate surface area is 219 Å². The average molecular weight is 521 g/mol. The summed E-state index contributed by atoms with van der Waals surface area (Å²) in [7, 11) is 5.04. The molecule has 0 saturated heterocycles. The lowest BCUT2D eigenvalue weighted by Crippen LogP contribution is -2.26. The molecule has 0 fully saturated rings. The monoisotopic (exact) mass is 520 g/mol. The second kappa shape index (κ2) is 11.1. The minimum atomic E-state index is -0.605. The van der Waals surface area contributed by atoms with E-state index in [2.05, 4.69) is 56.1 Å². The summed E-state index contributed by atoms with van der Waals surface area (Å²) in [6.45, 7) is 2.52. The molecule has 5 rings (SSSR count). The number of amides is 1. The summed E-state index contributed by atoms with van der Waals surface area (Å²) in [5.74, 6) is -0.956. The maximum absolute atomic E-state index is 15.2. The van der Waals surface area contributed by atoms with Gasteiger partial charge in [0.1, 0.15) is 12.0 Å². The number of benzene rings is 2. The Morgan fingerprint density at radius 1 is 1.18 bits per heavy atom. The zero-order chi connectivity index (χ0) is 26.6. The summed E-state index contributed by atoms with van der Waals surface area (Å²) in [5.41, 5.74) is 5.22. The molecule has 0 bridgehead atoms. The van der Waals surface area contributed by atoms with Crippen molar-refractivity contribution in [2.45, 2.75) is 32.7 Å². The number of likely N-dealkylation sites (N-methyl/N-ethyl adjacent to an activating group) is 1. The van der Waals surface area contributed by atoms with Crippen molar-refractivity contribution in [3.63, 3.8) is 0 Å². The number of methoxy groups -OCH3 is 2. The van der Waals surface area contributed by atoms with Crippen molar-refractivity contribution in [2.24, 2.45) is 0 Å². The summed E-state index contributed by atoms with van der Waals surface area (Å²) >= 11 is 0. The predicted octanol–water partition coefficient (Wildman–Crippen LogP) is 2.12. The van der Waals surface area contributed by atoms with Crippen LogP contribution in [0, 0.1) is 5.82 Å². The molecule has 1 amide bonds. The SMILES string of the molecule is COCc1nn(Cc2ccc3c(c2)CN(C)CC3)cc1C(=O)NCc1c(-n2cnnn2)ccc(OC)c1F. The van der Waals surface area contributed by atoms with E-state index < -0.39 is 11.7 Å². The molecule has 11 nitrogen and oxygen atoms in total. The number of tetrazole rings is 1. The third kappa shape index (κ3) is 5.27. The van der Waals surface area contributed by atoms with Gasteiger partial charge in [-0.25, -0.2) is 9.07 Å². The standard InChI is InChI=1S/C26H29FN8O3/c1-33-9-8-18-5-4-17(10-19(18)13-33)12-34-14-21(22(30-34)15-37-2)26(36)28-11-20-23(35-16-29-31-32-35)6-7-24(38-3)25(20)27/h4-7,10,14,16H,8-9,11-13,15H2,1-3H3,(H,28,36). The molecule has 2 aromatic heterocycles. The number of aromatic nitrogens is 6. The van der Waals surface area contributed by atoms with E-state index in [9.17, 15) is 4.79 Å². The first-order valence-corrected chi connectivity index (χ1v) is 12.2. The van der Waals surface area contributed by atoms with Gasteiger partial charge < -0.3 is 19.7 Å². The minimum Gasteiger partial charge on any atom is -0.494 e. The highest BCUT2D eigenvalue weighted by molar-refractivity contribution is 5.95.